The minimum atomic E-state index is -0.466. The summed E-state index contributed by atoms with van der Waals surface area (Å²) in [5.74, 6) is -0.332. The average molecular weight is 380 g/mol. The van der Waals surface area contributed by atoms with Crippen molar-refractivity contribution in [2.45, 2.75) is 6.92 Å². The van der Waals surface area contributed by atoms with E-state index < -0.39 is 4.92 Å². The number of non-ortho nitro benzene ring substituents is 1. The molecule has 0 atom stereocenters. The highest BCUT2D eigenvalue weighted by molar-refractivity contribution is 7.11. The van der Waals surface area contributed by atoms with Crippen molar-refractivity contribution in [1.29, 1.82) is 5.26 Å². The summed E-state index contributed by atoms with van der Waals surface area (Å²) >= 11 is 1.28. The number of halogens is 1. The Balaban J connectivity index is 1.81. The van der Waals surface area contributed by atoms with Crippen molar-refractivity contribution in [3.63, 3.8) is 0 Å². The number of rotatable bonds is 5. The highest BCUT2D eigenvalue weighted by Gasteiger charge is 2.11. The maximum atomic E-state index is 13.6. The summed E-state index contributed by atoms with van der Waals surface area (Å²) in [6, 6.07) is 12.8. The summed E-state index contributed by atoms with van der Waals surface area (Å²) in [6.45, 7) is 1.67. The van der Waals surface area contributed by atoms with Gasteiger partial charge in [-0.2, -0.15) is 5.26 Å². The summed E-state index contributed by atoms with van der Waals surface area (Å²) in [4.78, 5) is 14.7. The Morgan fingerprint density at radius 2 is 2.07 bits per heavy atom. The third-order valence-corrected chi connectivity index (χ3v) is 4.66. The van der Waals surface area contributed by atoms with Crippen molar-refractivity contribution >= 4 is 28.3 Å². The zero-order valence-corrected chi connectivity index (χ0v) is 15.0. The first-order valence-corrected chi connectivity index (χ1v) is 8.69. The summed E-state index contributed by atoms with van der Waals surface area (Å²) in [5, 5.41) is 25.3. The van der Waals surface area contributed by atoms with Gasteiger partial charge in [-0.05, 0) is 36.8 Å². The minimum absolute atomic E-state index is 0.00124. The van der Waals surface area contributed by atoms with Crippen LogP contribution in [0, 0.1) is 34.2 Å². The predicted octanol–water partition coefficient (Wildman–Crippen LogP) is 5.14. The molecule has 0 saturated carbocycles. The fourth-order valence-corrected chi connectivity index (χ4v) is 3.06. The number of nitrogens with zero attached hydrogens (tertiary/aromatic N) is 3. The number of nitriles is 1. The van der Waals surface area contributed by atoms with E-state index >= 15 is 0 Å². The van der Waals surface area contributed by atoms with Crippen LogP contribution in [0.15, 0.2) is 54.0 Å². The van der Waals surface area contributed by atoms with Gasteiger partial charge in [0, 0.05) is 35.0 Å². The lowest BCUT2D eigenvalue weighted by molar-refractivity contribution is -0.384. The molecule has 0 unspecified atom stereocenters. The maximum Gasteiger partial charge on any atom is 0.269 e. The molecule has 0 spiro atoms. The second kappa shape index (κ2) is 7.76. The smallest absolute Gasteiger partial charge is 0.269 e. The van der Waals surface area contributed by atoms with E-state index in [2.05, 4.69) is 16.4 Å². The molecule has 1 aromatic heterocycles. The van der Waals surface area contributed by atoms with Crippen LogP contribution in [0.3, 0.4) is 0 Å². The first kappa shape index (κ1) is 18.2. The molecule has 0 bridgehead atoms. The topological polar surface area (TPSA) is 91.8 Å². The number of allylic oxidation sites excluding steroid dienone is 1. The lowest BCUT2D eigenvalue weighted by Gasteiger charge is -2.03. The molecule has 27 heavy (non-hydrogen) atoms. The molecular weight excluding hydrogens is 367 g/mol. The molecule has 0 fully saturated rings. The highest BCUT2D eigenvalue weighted by atomic mass is 32.1. The maximum absolute atomic E-state index is 13.6. The third-order valence-electron chi connectivity index (χ3n) is 3.78. The number of anilines is 1. The summed E-state index contributed by atoms with van der Waals surface area (Å²) in [5.41, 5.74) is 2.70. The molecule has 134 valence electrons. The van der Waals surface area contributed by atoms with Crippen LogP contribution in [-0.2, 0) is 0 Å². The number of aromatic nitrogens is 1. The molecule has 3 rings (SSSR count). The molecule has 8 heteroatoms. The second-order valence-electron chi connectivity index (χ2n) is 5.62. The molecule has 6 nitrogen and oxygen atoms in total. The first-order chi connectivity index (χ1) is 13.0. The lowest BCUT2D eigenvalue weighted by atomic mass is 10.1. The molecule has 0 aliphatic heterocycles. The molecule has 1 N–H and O–H groups in total. The molecule has 2 aromatic carbocycles. The van der Waals surface area contributed by atoms with E-state index in [0.29, 0.717) is 33.1 Å². The quantitative estimate of drug-likeness (QED) is 0.376. The molecular formula is C19H13FN4O2S. The fourth-order valence-electron chi connectivity index (χ4n) is 2.26. The van der Waals surface area contributed by atoms with Gasteiger partial charge in [-0.1, -0.05) is 6.07 Å². The summed E-state index contributed by atoms with van der Waals surface area (Å²) in [6.07, 6.45) is 1.47. The third kappa shape index (κ3) is 4.16. The van der Waals surface area contributed by atoms with Crippen LogP contribution >= 0.6 is 11.3 Å². The monoisotopic (exact) mass is 380 g/mol. The van der Waals surface area contributed by atoms with Gasteiger partial charge in [-0.15, -0.1) is 11.3 Å². The standard InChI is InChI=1S/C19H13FN4O2S/c1-12-2-5-15(8-17(12)20)22-10-14(9-21)19-23-18(11-27-19)13-3-6-16(7-4-13)24(25)26/h2-8,10-11,22H,1H3. The number of hydrogen-bond donors (Lipinski definition) is 1. The van der Waals surface area contributed by atoms with E-state index in [-0.39, 0.29) is 11.5 Å². The number of benzene rings is 2. The Labute approximate surface area is 158 Å². The zero-order valence-electron chi connectivity index (χ0n) is 14.1. The van der Waals surface area contributed by atoms with Gasteiger partial charge in [0.15, 0.2) is 0 Å². The molecule has 1 heterocycles. The number of aryl methyl sites for hydroxylation is 1. The Kier molecular flexibility index (Phi) is 5.24. The van der Waals surface area contributed by atoms with E-state index in [9.17, 15) is 19.8 Å². The van der Waals surface area contributed by atoms with E-state index in [1.54, 1.807) is 36.6 Å². The van der Waals surface area contributed by atoms with Gasteiger partial charge in [0.1, 0.15) is 22.5 Å². The SMILES string of the molecule is Cc1ccc(NC=C(C#N)c2nc(-c3ccc([N+](=O)[O-])cc3)cs2)cc1F. The van der Waals surface area contributed by atoms with Crippen LogP contribution in [0.5, 0.6) is 0 Å². The van der Waals surface area contributed by atoms with Crippen LogP contribution in [0.25, 0.3) is 16.8 Å². The Morgan fingerprint density at radius 1 is 1.33 bits per heavy atom. The van der Waals surface area contributed by atoms with Crippen LogP contribution in [0.2, 0.25) is 0 Å². The van der Waals surface area contributed by atoms with Crippen LogP contribution in [0.1, 0.15) is 10.6 Å². The van der Waals surface area contributed by atoms with E-state index in [0.717, 1.165) is 0 Å². The highest BCUT2D eigenvalue weighted by Crippen LogP contribution is 2.27. The van der Waals surface area contributed by atoms with Crippen LogP contribution in [0.4, 0.5) is 15.8 Å². The van der Waals surface area contributed by atoms with Gasteiger partial charge in [-0.25, -0.2) is 9.37 Å². The first-order valence-electron chi connectivity index (χ1n) is 7.81. The van der Waals surface area contributed by atoms with Crippen molar-refractivity contribution in [2.75, 3.05) is 5.32 Å². The molecule has 0 saturated heterocycles. The Hall–Kier alpha value is -3.57. The van der Waals surface area contributed by atoms with Crippen LogP contribution in [-0.4, -0.2) is 9.91 Å². The average Bonchev–Trinajstić information content (AvgIpc) is 3.15. The van der Waals surface area contributed by atoms with Crippen LogP contribution < -0.4 is 5.32 Å². The van der Waals surface area contributed by atoms with Gasteiger partial charge in [-0.3, -0.25) is 10.1 Å². The Bertz CT molecular complexity index is 1070. The summed E-state index contributed by atoms with van der Waals surface area (Å²) in [7, 11) is 0. The van der Waals surface area contributed by atoms with Gasteiger partial charge in [0.2, 0.25) is 0 Å². The Morgan fingerprint density at radius 3 is 2.70 bits per heavy atom. The summed E-state index contributed by atoms with van der Waals surface area (Å²) < 4.78 is 13.6. The van der Waals surface area contributed by atoms with Crippen molar-refractivity contribution in [3.05, 3.63) is 80.5 Å². The molecule has 0 aliphatic rings. The van der Waals surface area contributed by atoms with Gasteiger partial charge >= 0.3 is 0 Å². The van der Waals surface area contributed by atoms with E-state index in [1.807, 2.05) is 0 Å². The fraction of sp³-hybridized carbons (Fsp3) is 0.0526. The second-order valence-corrected chi connectivity index (χ2v) is 6.48. The molecule has 3 aromatic rings. The number of nitrogens with one attached hydrogen (secondary N) is 1. The molecule has 0 amide bonds. The van der Waals surface area contributed by atoms with Crippen molar-refractivity contribution < 1.29 is 9.31 Å². The minimum Gasteiger partial charge on any atom is -0.360 e. The van der Waals surface area contributed by atoms with Crippen molar-refractivity contribution in [3.8, 4) is 17.3 Å². The number of nitro benzene ring substituents is 1. The molecule has 0 radical (unpaired) electrons. The van der Waals surface area contributed by atoms with E-state index in [1.165, 1.54) is 35.7 Å². The van der Waals surface area contributed by atoms with Crippen molar-refractivity contribution in [1.82, 2.24) is 4.98 Å². The number of thiazole rings is 1. The number of nitro groups is 1. The molecule has 0 aliphatic carbocycles. The lowest BCUT2D eigenvalue weighted by Crippen LogP contribution is -1.93. The van der Waals surface area contributed by atoms with Crippen molar-refractivity contribution in [2.24, 2.45) is 0 Å². The van der Waals surface area contributed by atoms with Gasteiger partial charge in [0.25, 0.3) is 5.69 Å². The number of hydrogen-bond acceptors (Lipinski definition) is 6. The van der Waals surface area contributed by atoms with Gasteiger partial charge < -0.3 is 5.32 Å². The largest absolute Gasteiger partial charge is 0.360 e. The normalized spacial score (nSPS) is 11.1. The predicted molar refractivity (Wildman–Crippen MR) is 103 cm³/mol. The zero-order chi connectivity index (χ0) is 19.4. The van der Waals surface area contributed by atoms with E-state index in [4.69, 9.17) is 0 Å². The van der Waals surface area contributed by atoms with Gasteiger partial charge in [0.05, 0.1) is 10.6 Å².